The molecule has 1 aliphatic rings. The summed E-state index contributed by atoms with van der Waals surface area (Å²) in [5.41, 5.74) is 2.63. The molecule has 0 spiro atoms. The minimum Gasteiger partial charge on any atom is -0.497 e. The Morgan fingerprint density at radius 2 is 1.92 bits per heavy atom. The van der Waals surface area contributed by atoms with Crippen LogP contribution in [-0.2, 0) is 5.41 Å². The molecule has 4 heteroatoms. The molecule has 0 amide bonds. The van der Waals surface area contributed by atoms with Gasteiger partial charge in [0.05, 0.1) is 30.6 Å². The summed E-state index contributed by atoms with van der Waals surface area (Å²) in [6.45, 7) is 0. The molecule has 0 aliphatic carbocycles. The number of fused-ring (bicyclic) bond motifs is 1. The standard InChI is InChI=1S/C21H17N3O/c1-25-17-10-5-9-16(13-17)21(14-22)19(15-7-3-2-4-8-15)24-18-11-6-12-23-20(18)21/h2-13,19,24H,1H3/t19-,21-/m1/s1. The Bertz CT molecular complexity index is 949. The molecule has 2 aromatic carbocycles. The molecule has 2 heterocycles. The van der Waals surface area contributed by atoms with Gasteiger partial charge in [0, 0.05) is 6.20 Å². The zero-order chi connectivity index (χ0) is 17.3. The van der Waals surface area contributed by atoms with Crippen molar-refractivity contribution in [3.8, 4) is 11.8 Å². The van der Waals surface area contributed by atoms with Gasteiger partial charge in [0.1, 0.15) is 5.75 Å². The number of nitriles is 1. The Hall–Kier alpha value is -3.32. The van der Waals surface area contributed by atoms with Gasteiger partial charge in [-0.3, -0.25) is 4.98 Å². The fourth-order valence-corrected chi connectivity index (χ4v) is 3.57. The molecule has 0 saturated carbocycles. The van der Waals surface area contributed by atoms with Gasteiger partial charge in [-0.15, -0.1) is 0 Å². The first kappa shape index (κ1) is 15.2. The summed E-state index contributed by atoms with van der Waals surface area (Å²) in [4.78, 5) is 4.57. The molecule has 1 N–H and O–H groups in total. The van der Waals surface area contributed by atoms with E-state index in [2.05, 4.69) is 16.4 Å². The van der Waals surface area contributed by atoms with Crippen LogP contribution in [0.5, 0.6) is 5.75 Å². The number of hydrogen-bond donors (Lipinski definition) is 1. The van der Waals surface area contributed by atoms with Crippen LogP contribution in [0.2, 0.25) is 0 Å². The van der Waals surface area contributed by atoms with Crippen LogP contribution in [0.3, 0.4) is 0 Å². The second-order valence-electron chi connectivity index (χ2n) is 6.04. The number of methoxy groups -OCH3 is 1. The Kier molecular flexibility index (Phi) is 3.62. The van der Waals surface area contributed by atoms with Crippen molar-refractivity contribution in [2.45, 2.75) is 11.5 Å². The Labute approximate surface area is 146 Å². The molecule has 3 aromatic rings. The maximum absolute atomic E-state index is 10.3. The third kappa shape index (κ3) is 2.25. The van der Waals surface area contributed by atoms with Crippen molar-refractivity contribution in [2.75, 3.05) is 12.4 Å². The number of hydrogen-bond acceptors (Lipinski definition) is 4. The maximum Gasteiger partial charge on any atom is 0.150 e. The first-order valence-corrected chi connectivity index (χ1v) is 8.12. The van der Waals surface area contributed by atoms with Crippen molar-refractivity contribution in [1.29, 1.82) is 5.26 Å². The van der Waals surface area contributed by atoms with E-state index in [1.165, 1.54) is 0 Å². The molecule has 0 saturated heterocycles. The van der Waals surface area contributed by atoms with E-state index >= 15 is 0 Å². The molecule has 1 aliphatic heterocycles. The van der Waals surface area contributed by atoms with Crippen LogP contribution in [0, 0.1) is 11.3 Å². The Morgan fingerprint density at radius 3 is 2.68 bits per heavy atom. The number of rotatable bonds is 3. The number of benzene rings is 2. The van der Waals surface area contributed by atoms with Gasteiger partial charge in [0.2, 0.25) is 0 Å². The third-order valence-corrected chi connectivity index (χ3v) is 4.75. The second kappa shape index (κ2) is 5.95. The van der Waals surface area contributed by atoms with Crippen molar-refractivity contribution < 1.29 is 4.74 Å². The first-order chi connectivity index (χ1) is 12.3. The van der Waals surface area contributed by atoms with Crippen LogP contribution in [0.4, 0.5) is 5.69 Å². The summed E-state index contributed by atoms with van der Waals surface area (Å²) in [7, 11) is 1.63. The molecule has 4 nitrogen and oxygen atoms in total. The number of aromatic nitrogens is 1. The smallest absolute Gasteiger partial charge is 0.150 e. The van der Waals surface area contributed by atoms with Gasteiger partial charge in [-0.25, -0.2) is 0 Å². The summed E-state index contributed by atoms with van der Waals surface area (Å²) >= 11 is 0. The monoisotopic (exact) mass is 327 g/mol. The molecular weight excluding hydrogens is 310 g/mol. The lowest BCUT2D eigenvalue weighted by Gasteiger charge is -2.29. The van der Waals surface area contributed by atoms with Gasteiger partial charge in [0.25, 0.3) is 0 Å². The molecule has 25 heavy (non-hydrogen) atoms. The van der Waals surface area contributed by atoms with Gasteiger partial charge in [-0.05, 0) is 35.4 Å². The van der Waals surface area contributed by atoms with Gasteiger partial charge in [-0.2, -0.15) is 5.26 Å². The molecule has 0 unspecified atom stereocenters. The van der Waals surface area contributed by atoms with Crippen LogP contribution in [-0.4, -0.2) is 12.1 Å². The topological polar surface area (TPSA) is 57.9 Å². The lowest BCUT2D eigenvalue weighted by Crippen LogP contribution is -2.32. The fraction of sp³-hybridized carbons (Fsp3) is 0.143. The lowest BCUT2D eigenvalue weighted by molar-refractivity contribution is 0.413. The highest BCUT2D eigenvalue weighted by molar-refractivity contribution is 5.68. The van der Waals surface area contributed by atoms with Crippen molar-refractivity contribution in [3.05, 3.63) is 89.7 Å². The fourth-order valence-electron chi connectivity index (χ4n) is 3.57. The van der Waals surface area contributed by atoms with E-state index in [-0.39, 0.29) is 6.04 Å². The molecule has 1 aromatic heterocycles. The van der Waals surface area contributed by atoms with Gasteiger partial charge < -0.3 is 10.1 Å². The number of nitrogens with zero attached hydrogens (tertiary/aromatic N) is 2. The van der Waals surface area contributed by atoms with Gasteiger partial charge in [0.15, 0.2) is 5.41 Å². The van der Waals surface area contributed by atoms with Crippen LogP contribution in [0.25, 0.3) is 0 Å². The van der Waals surface area contributed by atoms with E-state index < -0.39 is 5.41 Å². The van der Waals surface area contributed by atoms with E-state index in [0.29, 0.717) is 0 Å². The molecule has 0 radical (unpaired) electrons. The van der Waals surface area contributed by atoms with E-state index in [9.17, 15) is 5.26 Å². The summed E-state index contributed by atoms with van der Waals surface area (Å²) in [6.07, 6.45) is 1.74. The zero-order valence-corrected chi connectivity index (χ0v) is 13.8. The molecule has 0 bridgehead atoms. The normalized spacial score (nSPS) is 21.0. The first-order valence-electron chi connectivity index (χ1n) is 8.12. The summed E-state index contributed by atoms with van der Waals surface area (Å²) in [6, 6.07) is 23.9. The average Bonchev–Trinajstić information content (AvgIpc) is 3.04. The quantitative estimate of drug-likeness (QED) is 0.788. The van der Waals surface area contributed by atoms with Gasteiger partial charge in [-0.1, -0.05) is 42.5 Å². The molecule has 122 valence electrons. The van der Waals surface area contributed by atoms with E-state index in [4.69, 9.17) is 4.74 Å². The van der Waals surface area contributed by atoms with Crippen molar-refractivity contribution in [3.63, 3.8) is 0 Å². The Balaban J connectivity index is 1.99. The van der Waals surface area contributed by atoms with Crippen molar-refractivity contribution in [2.24, 2.45) is 0 Å². The highest BCUT2D eigenvalue weighted by Crippen LogP contribution is 2.51. The number of anilines is 1. The second-order valence-corrected chi connectivity index (χ2v) is 6.04. The summed E-state index contributed by atoms with van der Waals surface area (Å²) < 4.78 is 5.38. The van der Waals surface area contributed by atoms with E-state index in [0.717, 1.165) is 28.3 Å². The number of nitrogens with one attached hydrogen (secondary N) is 1. The molecule has 2 atom stereocenters. The minimum atomic E-state index is -0.924. The van der Waals surface area contributed by atoms with Crippen LogP contribution >= 0.6 is 0 Å². The predicted octanol–water partition coefficient (Wildman–Crippen LogP) is 4.07. The third-order valence-electron chi connectivity index (χ3n) is 4.75. The summed E-state index contributed by atoms with van der Waals surface area (Å²) in [5, 5.41) is 13.8. The van der Waals surface area contributed by atoms with E-state index in [1.807, 2.05) is 66.7 Å². The van der Waals surface area contributed by atoms with Crippen LogP contribution in [0.15, 0.2) is 72.9 Å². The summed E-state index contributed by atoms with van der Waals surface area (Å²) in [5.74, 6) is 0.725. The highest BCUT2D eigenvalue weighted by atomic mass is 16.5. The average molecular weight is 327 g/mol. The Morgan fingerprint density at radius 1 is 1.08 bits per heavy atom. The van der Waals surface area contributed by atoms with Crippen LogP contribution in [0.1, 0.15) is 22.9 Å². The number of pyridine rings is 1. The van der Waals surface area contributed by atoms with Crippen molar-refractivity contribution in [1.82, 2.24) is 4.98 Å². The minimum absolute atomic E-state index is 0.226. The lowest BCUT2D eigenvalue weighted by atomic mass is 9.72. The SMILES string of the molecule is COc1cccc([C@@]2(C#N)c3ncccc3N[C@@H]2c2ccccc2)c1. The van der Waals surface area contributed by atoms with Crippen LogP contribution < -0.4 is 10.1 Å². The largest absolute Gasteiger partial charge is 0.497 e. The molecule has 0 fully saturated rings. The predicted molar refractivity (Wildman–Crippen MR) is 96.4 cm³/mol. The number of ether oxygens (including phenoxy) is 1. The zero-order valence-electron chi connectivity index (χ0n) is 13.8. The van der Waals surface area contributed by atoms with E-state index in [1.54, 1.807) is 13.3 Å². The highest BCUT2D eigenvalue weighted by Gasteiger charge is 2.51. The van der Waals surface area contributed by atoms with Gasteiger partial charge >= 0.3 is 0 Å². The molecular formula is C21H17N3O. The molecule has 4 rings (SSSR count). The van der Waals surface area contributed by atoms with Crippen molar-refractivity contribution >= 4 is 5.69 Å². The maximum atomic E-state index is 10.3.